The summed E-state index contributed by atoms with van der Waals surface area (Å²) in [5.74, 6) is 0. The number of nitrogens with zero attached hydrogens (tertiary/aromatic N) is 3. The highest BCUT2D eigenvalue weighted by Crippen LogP contribution is 2.44. The Hall–Kier alpha value is -7.36. The van der Waals surface area contributed by atoms with Crippen LogP contribution in [-0.4, -0.2) is 14.5 Å². The maximum Gasteiger partial charge on any atom is 0.0973 e. The molecule has 9 aromatic carbocycles. The summed E-state index contributed by atoms with van der Waals surface area (Å²) in [4.78, 5) is 10.7. The van der Waals surface area contributed by atoms with Gasteiger partial charge in [0.2, 0.25) is 0 Å². The van der Waals surface area contributed by atoms with Crippen molar-refractivity contribution in [3.05, 3.63) is 200 Å². The molecule has 55 heavy (non-hydrogen) atoms. The van der Waals surface area contributed by atoms with Crippen LogP contribution >= 0.6 is 0 Å². The molecule has 0 atom stereocenters. The van der Waals surface area contributed by atoms with Gasteiger partial charge in [-0.1, -0.05) is 170 Å². The number of hydrogen-bond acceptors (Lipinski definition) is 2. The zero-order valence-corrected chi connectivity index (χ0v) is 29.9. The van der Waals surface area contributed by atoms with E-state index in [4.69, 9.17) is 9.97 Å². The van der Waals surface area contributed by atoms with Crippen molar-refractivity contribution in [2.75, 3.05) is 0 Å². The minimum absolute atomic E-state index is 0.865. The first-order valence-electron chi connectivity index (χ1n) is 18.8. The molecule has 256 valence electrons. The predicted molar refractivity (Wildman–Crippen MR) is 231 cm³/mol. The molecule has 0 unspecified atom stereocenters. The zero-order chi connectivity index (χ0) is 36.3. The molecular weight excluding hydrogens is 667 g/mol. The lowest BCUT2D eigenvalue weighted by Crippen LogP contribution is -1.98. The highest BCUT2D eigenvalue weighted by molar-refractivity contribution is 6.30. The maximum atomic E-state index is 5.43. The molecule has 0 N–H and O–H groups in total. The van der Waals surface area contributed by atoms with E-state index in [2.05, 4.69) is 193 Å². The van der Waals surface area contributed by atoms with Crippen LogP contribution in [0.1, 0.15) is 0 Å². The van der Waals surface area contributed by atoms with Gasteiger partial charge in [0.05, 0.1) is 33.5 Å². The van der Waals surface area contributed by atoms with Gasteiger partial charge in [0, 0.05) is 33.2 Å². The van der Waals surface area contributed by atoms with Crippen molar-refractivity contribution in [2.45, 2.75) is 0 Å². The third-order valence-electron chi connectivity index (χ3n) is 11.0. The van der Waals surface area contributed by atoms with Crippen molar-refractivity contribution < 1.29 is 0 Å². The first kappa shape index (κ1) is 31.2. The minimum atomic E-state index is 0.865. The number of hydrogen-bond donors (Lipinski definition) is 0. The molecule has 3 heteroatoms. The molecule has 0 aliphatic carbocycles. The Morgan fingerprint density at radius 2 is 0.927 bits per heavy atom. The maximum absolute atomic E-state index is 5.43. The number of fused-ring (bicyclic) bond motifs is 8. The second-order valence-corrected chi connectivity index (χ2v) is 14.1. The van der Waals surface area contributed by atoms with Gasteiger partial charge in [0.1, 0.15) is 0 Å². The van der Waals surface area contributed by atoms with E-state index in [9.17, 15) is 0 Å². The Bertz CT molecular complexity index is 3240. The fraction of sp³-hybridized carbons (Fsp3) is 0. The summed E-state index contributed by atoms with van der Waals surface area (Å²) < 4.78 is 2.46. The molecule has 11 aromatic rings. The molecule has 0 aliphatic heterocycles. The van der Waals surface area contributed by atoms with Crippen molar-refractivity contribution in [1.82, 2.24) is 14.5 Å². The quantitative estimate of drug-likeness (QED) is 0.179. The van der Waals surface area contributed by atoms with E-state index in [1.807, 2.05) is 12.1 Å². The first-order chi connectivity index (χ1) is 27.3. The fourth-order valence-electron chi connectivity index (χ4n) is 8.49. The average Bonchev–Trinajstić information content (AvgIpc) is 3.61. The van der Waals surface area contributed by atoms with Gasteiger partial charge in [-0.15, -0.1) is 0 Å². The molecule has 3 nitrogen and oxygen atoms in total. The van der Waals surface area contributed by atoms with Gasteiger partial charge in [-0.3, -0.25) is 0 Å². The molecule has 0 bridgehead atoms. The zero-order valence-electron chi connectivity index (χ0n) is 29.9. The van der Waals surface area contributed by atoms with Gasteiger partial charge < -0.3 is 4.57 Å². The van der Waals surface area contributed by atoms with E-state index in [-0.39, 0.29) is 0 Å². The summed E-state index contributed by atoms with van der Waals surface area (Å²) in [5, 5.41) is 7.53. The Kier molecular flexibility index (Phi) is 7.17. The van der Waals surface area contributed by atoms with Crippen LogP contribution in [0.25, 0.3) is 105 Å². The third kappa shape index (κ3) is 5.05. The van der Waals surface area contributed by atoms with E-state index in [0.717, 1.165) is 50.4 Å². The minimum Gasteiger partial charge on any atom is -0.309 e. The van der Waals surface area contributed by atoms with E-state index in [1.165, 1.54) is 54.5 Å². The Labute approximate surface area is 318 Å². The standard InChI is InChI=1S/C52H33N3/c1-4-16-34(17-5-1)44-33-47-49(43-27-13-12-26-42(43)44)48-40-25-11-10-18-35(40)30-31-46(48)55(47)39-24-14-23-38(32-39)41-28-15-29-45-52(41)54-51(37-21-8-3-9-22-37)50(53-45)36-19-6-2-7-20-36/h1-33H. The second kappa shape index (κ2) is 12.6. The molecule has 11 rings (SSSR count). The fourth-order valence-corrected chi connectivity index (χ4v) is 8.49. The predicted octanol–water partition coefficient (Wildman–Crippen LogP) is 13.7. The van der Waals surface area contributed by atoms with Crippen LogP contribution in [0.2, 0.25) is 0 Å². The van der Waals surface area contributed by atoms with Crippen LogP contribution in [0.15, 0.2) is 200 Å². The highest BCUT2D eigenvalue weighted by atomic mass is 15.0. The monoisotopic (exact) mass is 699 g/mol. The summed E-state index contributed by atoms with van der Waals surface area (Å²) in [5.41, 5.74) is 13.6. The van der Waals surface area contributed by atoms with Gasteiger partial charge >= 0.3 is 0 Å². The molecule has 2 aromatic heterocycles. The van der Waals surface area contributed by atoms with E-state index in [0.29, 0.717) is 0 Å². The van der Waals surface area contributed by atoms with Gasteiger partial charge in [-0.25, -0.2) is 9.97 Å². The van der Waals surface area contributed by atoms with Crippen molar-refractivity contribution in [3.8, 4) is 50.5 Å². The molecule has 0 aliphatic rings. The van der Waals surface area contributed by atoms with Crippen LogP contribution in [0.4, 0.5) is 0 Å². The number of benzene rings is 9. The summed E-state index contributed by atoms with van der Waals surface area (Å²) in [6.07, 6.45) is 0. The molecule has 0 radical (unpaired) electrons. The van der Waals surface area contributed by atoms with Crippen molar-refractivity contribution >= 4 is 54.4 Å². The Balaban J connectivity index is 1.19. The molecular formula is C52H33N3. The topological polar surface area (TPSA) is 30.7 Å². The number of para-hydroxylation sites is 1. The first-order valence-corrected chi connectivity index (χ1v) is 18.8. The Morgan fingerprint density at radius 1 is 0.345 bits per heavy atom. The largest absolute Gasteiger partial charge is 0.309 e. The summed E-state index contributed by atoms with van der Waals surface area (Å²) >= 11 is 0. The van der Waals surface area contributed by atoms with Gasteiger partial charge in [0.25, 0.3) is 0 Å². The number of aromatic nitrogens is 3. The van der Waals surface area contributed by atoms with E-state index < -0.39 is 0 Å². The molecule has 2 heterocycles. The van der Waals surface area contributed by atoms with Crippen LogP contribution in [0, 0.1) is 0 Å². The van der Waals surface area contributed by atoms with Gasteiger partial charge in [0.15, 0.2) is 0 Å². The lowest BCUT2D eigenvalue weighted by Gasteiger charge is -2.15. The van der Waals surface area contributed by atoms with Crippen LogP contribution < -0.4 is 0 Å². The lowest BCUT2D eigenvalue weighted by atomic mass is 9.94. The van der Waals surface area contributed by atoms with E-state index in [1.54, 1.807) is 0 Å². The van der Waals surface area contributed by atoms with Crippen LogP contribution in [0.5, 0.6) is 0 Å². The SMILES string of the molecule is c1ccc(-c2nc3cccc(-c4cccc(-n5c6ccc7ccccc7c6c6c7ccccc7c(-c7ccccc7)cc65)c4)c3nc2-c2ccccc2)cc1. The van der Waals surface area contributed by atoms with Crippen molar-refractivity contribution in [1.29, 1.82) is 0 Å². The average molecular weight is 700 g/mol. The lowest BCUT2D eigenvalue weighted by molar-refractivity contribution is 1.18. The molecule has 0 saturated carbocycles. The van der Waals surface area contributed by atoms with Crippen molar-refractivity contribution in [3.63, 3.8) is 0 Å². The van der Waals surface area contributed by atoms with Crippen LogP contribution in [-0.2, 0) is 0 Å². The summed E-state index contributed by atoms with van der Waals surface area (Å²) in [6.45, 7) is 0. The smallest absolute Gasteiger partial charge is 0.0973 e. The van der Waals surface area contributed by atoms with Gasteiger partial charge in [-0.05, 0) is 68.6 Å². The highest BCUT2D eigenvalue weighted by Gasteiger charge is 2.21. The Morgan fingerprint density at radius 3 is 1.67 bits per heavy atom. The van der Waals surface area contributed by atoms with E-state index >= 15 is 0 Å². The number of rotatable bonds is 5. The third-order valence-corrected chi connectivity index (χ3v) is 11.0. The molecule has 0 fully saturated rings. The molecule has 0 amide bonds. The molecule has 0 spiro atoms. The van der Waals surface area contributed by atoms with Crippen LogP contribution in [0.3, 0.4) is 0 Å². The van der Waals surface area contributed by atoms with Gasteiger partial charge in [-0.2, -0.15) is 0 Å². The van der Waals surface area contributed by atoms with Crippen molar-refractivity contribution in [2.24, 2.45) is 0 Å². The summed E-state index contributed by atoms with van der Waals surface area (Å²) in [7, 11) is 0. The second-order valence-electron chi connectivity index (χ2n) is 14.1. The molecule has 0 saturated heterocycles. The summed E-state index contributed by atoms with van der Waals surface area (Å²) in [6, 6.07) is 71.4. The normalized spacial score (nSPS) is 11.6.